The molecule has 0 spiro atoms. The third kappa shape index (κ3) is 9.14. The van der Waals surface area contributed by atoms with Crippen molar-refractivity contribution in [3.63, 3.8) is 0 Å². The lowest BCUT2D eigenvalue weighted by atomic mass is 10.4. The Hall–Kier alpha value is -0.770. The summed E-state index contributed by atoms with van der Waals surface area (Å²) in [4.78, 5) is 10.7. The van der Waals surface area contributed by atoms with E-state index in [1.165, 1.54) is 0 Å². The van der Waals surface area contributed by atoms with Crippen molar-refractivity contribution in [3.05, 3.63) is 0 Å². The second-order valence-electron chi connectivity index (χ2n) is 2.61. The predicted molar refractivity (Wildman–Crippen MR) is 50.8 cm³/mol. The maximum Gasteiger partial charge on any atom is 0.407 e. The van der Waals surface area contributed by atoms with E-state index in [2.05, 4.69) is 17.0 Å². The highest BCUT2D eigenvalue weighted by atomic mass is 16.5. The third-order valence-corrected chi connectivity index (χ3v) is 1.43. The summed E-state index contributed by atoms with van der Waals surface area (Å²) in [6.07, 6.45) is 1.83. The van der Waals surface area contributed by atoms with Crippen LogP contribution in [0.1, 0.15) is 26.7 Å². The van der Waals surface area contributed by atoms with Gasteiger partial charge in [-0.1, -0.05) is 13.3 Å². The van der Waals surface area contributed by atoms with E-state index < -0.39 is 0 Å². The van der Waals surface area contributed by atoms with Crippen LogP contribution in [0.3, 0.4) is 0 Å². The van der Waals surface area contributed by atoms with Gasteiger partial charge in [-0.15, -0.1) is 0 Å². The molecule has 1 amide bonds. The molecule has 0 rings (SSSR count). The van der Waals surface area contributed by atoms with E-state index in [1.54, 1.807) is 6.92 Å². The summed E-state index contributed by atoms with van der Waals surface area (Å²) in [5.74, 6) is 0. The molecule has 0 fully saturated rings. The van der Waals surface area contributed by atoms with E-state index in [0.717, 1.165) is 19.4 Å². The normalized spacial score (nSPS) is 9.69. The van der Waals surface area contributed by atoms with Gasteiger partial charge >= 0.3 is 6.09 Å². The molecule has 0 aliphatic heterocycles. The first-order valence-corrected chi connectivity index (χ1v) is 4.79. The Balaban J connectivity index is 3.02. The summed E-state index contributed by atoms with van der Waals surface area (Å²) < 4.78 is 9.90. The molecule has 0 saturated carbocycles. The van der Waals surface area contributed by atoms with Gasteiger partial charge in [-0.2, -0.15) is 0 Å². The van der Waals surface area contributed by atoms with Crippen LogP contribution in [0.4, 0.5) is 4.79 Å². The largest absolute Gasteiger partial charge is 0.450 e. The van der Waals surface area contributed by atoms with E-state index in [4.69, 9.17) is 4.74 Å². The quantitative estimate of drug-likeness (QED) is 0.618. The molecule has 0 heterocycles. The molecule has 0 aromatic carbocycles. The van der Waals surface area contributed by atoms with Crippen LogP contribution < -0.4 is 5.32 Å². The Morgan fingerprint density at radius 2 is 2.08 bits per heavy atom. The smallest absolute Gasteiger partial charge is 0.407 e. The fourth-order valence-electron chi connectivity index (χ4n) is 0.756. The number of carbonyl (C=O) groups excluding carboxylic acids is 1. The maximum absolute atomic E-state index is 10.7. The second-order valence-corrected chi connectivity index (χ2v) is 2.61. The van der Waals surface area contributed by atoms with Gasteiger partial charge in [-0.05, 0) is 13.3 Å². The minimum Gasteiger partial charge on any atom is -0.450 e. The molecule has 4 heteroatoms. The van der Waals surface area contributed by atoms with Gasteiger partial charge in [0.2, 0.25) is 0 Å². The summed E-state index contributed by atoms with van der Waals surface area (Å²) >= 11 is 0. The summed E-state index contributed by atoms with van der Waals surface area (Å²) in [6, 6.07) is 0. The molecule has 0 unspecified atom stereocenters. The Morgan fingerprint density at radius 3 is 2.69 bits per heavy atom. The van der Waals surface area contributed by atoms with Gasteiger partial charge in [0.25, 0.3) is 0 Å². The van der Waals surface area contributed by atoms with Gasteiger partial charge in [0.15, 0.2) is 0 Å². The van der Waals surface area contributed by atoms with Crippen LogP contribution in [0.25, 0.3) is 0 Å². The van der Waals surface area contributed by atoms with Crippen LogP contribution in [0, 0.1) is 0 Å². The highest BCUT2D eigenvalue weighted by molar-refractivity contribution is 5.66. The third-order valence-electron chi connectivity index (χ3n) is 1.43. The van der Waals surface area contributed by atoms with Crippen molar-refractivity contribution in [2.24, 2.45) is 0 Å². The maximum atomic E-state index is 10.7. The van der Waals surface area contributed by atoms with E-state index in [0.29, 0.717) is 19.8 Å². The highest BCUT2D eigenvalue weighted by Crippen LogP contribution is 1.86. The molecule has 13 heavy (non-hydrogen) atoms. The lowest BCUT2D eigenvalue weighted by molar-refractivity contribution is 0.122. The van der Waals surface area contributed by atoms with Gasteiger partial charge in [0, 0.05) is 13.2 Å². The fraction of sp³-hybridized carbons (Fsp3) is 0.889. The number of hydrogen-bond acceptors (Lipinski definition) is 3. The first-order valence-electron chi connectivity index (χ1n) is 4.79. The van der Waals surface area contributed by atoms with Gasteiger partial charge in [0.1, 0.15) is 0 Å². The molecule has 0 aromatic heterocycles. The molecular formula is C9H19NO3. The molecular weight excluding hydrogens is 170 g/mol. The molecule has 1 N–H and O–H groups in total. The average molecular weight is 189 g/mol. The fourth-order valence-corrected chi connectivity index (χ4v) is 0.756. The average Bonchev–Trinajstić information content (AvgIpc) is 2.11. The van der Waals surface area contributed by atoms with Gasteiger partial charge in [0.05, 0.1) is 13.2 Å². The molecule has 0 saturated heterocycles. The molecule has 0 bridgehead atoms. The van der Waals surface area contributed by atoms with Crippen LogP contribution in [0.5, 0.6) is 0 Å². The van der Waals surface area contributed by atoms with Crippen molar-refractivity contribution >= 4 is 6.09 Å². The van der Waals surface area contributed by atoms with E-state index in [9.17, 15) is 4.79 Å². The number of nitrogens with one attached hydrogen (secondary N) is 1. The minimum atomic E-state index is -0.374. The molecule has 0 atom stereocenters. The Labute approximate surface area is 79.6 Å². The second kappa shape index (κ2) is 9.32. The zero-order chi connectivity index (χ0) is 9.94. The zero-order valence-electron chi connectivity index (χ0n) is 8.47. The molecule has 4 nitrogen and oxygen atoms in total. The van der Waals surface area contributed by atoms with Crippen molar-refractivity contribution < 1.29 is 14.3 Å². The molecule has 0 aliphatic carbocycles. The van der Waals surface area contributed by atoms with E-state index in [1.807, 2.05) is 0 Å². The lowest BCUT2D eigenvalue weighted by Crippen LogP contribution is -2.27. The minimum absolute atomic E-state index is 0.374. The summed E-state index contributed by atoms with van der Waals surface area (Å²) in [5.41, 5.74) is 0. The summed E-state index contributed by atoms with van der Waals surface area (Å²) in [5, 5.41) is 2.57. The van der Waals surface area contributed by atoms with Crippen LogP contribution in [0.15, 0.2) is 0 Å². The first kappa shape index (κ1) is 12.2. The summed E-state index contributed by atoms with van der Waals surface area (Å²) in [7, 11) is 0. The monoisotopic (exact) mass is 189 g/mol. The first-order chi connectivity index (χ1) is 6.31. The number of carbonyl (C=O) groups is 1. The van der Waals surface area contributed by atoms with Crippen LogP contribution in [-0.2, 0) is 9.47 Å². The number of alkyl carbamates (subject to hydrolysis) is 1. The zero-order valence-corrected chi connectivity index (χ0v) is 8.47. The van der Waals surface area contributed by atoms with Crippen molar-refractivity contribution in [3.8, 4) is 0 Å². The Bertz CT molecular complexity index is 128. The van der Waals surface area contributed by atoms with Crippen LogP contribution >= 0.6 is 0 Å². The highest BCUT2D eigenvalue weighted by Gasteiger charge is 1.97. The van der Waals surface area contributed by atoms with Crippen LogP contribution in [0.2, 0.25) is 0 Å². The van der Waals surface area contributed by atoms with Crippen molar-refractivity contribution in [2.45, 2.75) is 26.7 Å². The van der Waals surface area contributed by atoms with Crippen molar-refractivity contribution in [1.29, 1.82) is 0 Å². The predicted octanol–water partition coefficient (Wildman–Crippen LogP) is 1.55. The number of rotatable bonds is 7. The molecule has 0 aliphatic rings. The topological polar surface area (TPSA) is 47.6 Å². The lowest BCUT2D eigenvalue weighted by Gasteiger charge is -2.05. The SMILES string of the molecule is CCCCOCCNC(=O)OCC. The van der Waals surface area contributed by atoms with Gasteiger partial charge < -0.3 is 14.8 Å². The van der Waals surface area contributed by atoms with Gasteiger partial charge in [-0.25, -0.2) is 4.79 Å². The van der Waals surface area contributed by atoms with E-state index >= 15 is 0 Å². The van der Waals surface area contributed by atoms with Crippen molar-refractivity contribution in [2.75, 3.05) is 26.4 Å². The number of ether oxygens (including phenoxy) is 2. The van der Waals surface area contributed by atoms with Gasteiger partial charge in [-0.3, -0.25) is 0 Å². The molecule has 78 valence electrons. The number of amides is 1. The Morgan fingerprint density at radius 1 is 1.31 bits per heavy atom. The Kier molecular flexibility index (Phi) is 8.77. The van der Waals surface area contributed by atoms with Crippen molar-refractivity contribution in [1.82, 2.24) is 5.32 Å². The standard InChI is InChI=1S/C9H19NO3/c1-3-5-7-12-8-6-10-9(11)13-4-2/h3-8H2,1-2H3,(H,10,11). The number of hydrogen-bond donors (Lipinski definition) is 1. The molecule has 0 radical (unpaired) electrons. The summed E-state index contributed by atoms with van der Waals surface area (Å²) in [6.45, 7) is 6.13. The molecule has 0 aromatic rings. The van der Waals surface area contributed by atoms with Crippen LogP contribution in [-0.4, -0.2) is 32.5 Å². The number of unbranched alkanes of at least 4 members (excludes halogenated alkanes) is 1. The van der Waals surface area contributed by atoms with E-state index in [-0.39, 0.29) is 6.09 Å².